The number of rotatable bonds is 2. The van der Waals surface area contributed by atoms with Crippen LogP contribution < -0.4 is 5.11 Å². The van der Waals surface area contributed by atoms with E-state index in [1.807, 2.05) is 28.1 Å². The summed E-state index contributed by atoms with van der Waals surface area (Å²) < 4.78 is 0.594. The fourth-order valence-corrected chi connectivity index (χ4v) is 0.387. The van der Waals surface area contributed by atoms with Crippen LogP contribution in [0.2, 0.25) is 0 Å². The second-order valence-corrected chi connectivity index (χ2v) is 2.40. The highest BCUT2D eigenvalue weighted by Gasteiger charge is 2.03. The first-order valence-corrected chi connectivity index (χ1v) is 2.99. The lowest BCUT2D eigenvalue weighted by Crippen LogP contribution is -2.34. The number of carbonyl (C=O) groups excluding carboxylic acids is 1. The van der Waals surface area contributed by atoms with E-state index in [-0.39, 0.29) is 0 Å². The molecule has 0 radical (unpaired) electrons. The summed E-state index contributed by atoms with van der Waals surface area (Å²) >= 11 is 0. The molecule has 10 heavy (non-hydrogen) atoms. The summed E-state index contributed by atoms with van der Waals surface area (Å²) in [4.78, 5) is 13.4. The van der Waals surface area contributed by atoms with Gasteiger partial charge in [-0.3, -0.25) is 0 Å². The van der Waals surface area contributed by atoms with Crippen molar-refractivity contribution in [1.29, 1.82) is 0 Å². The molecule has 0 rings (SSSR count). The lowest BCUT2D eigenvalue weighted by Gasteiger charge is -2.19. The smallest absolute Gasteiger partial charge is 0.103 e. The maximum absolute atomic E-state index is 8.25. The average Bonchev–Trinajstić information content (AvgIpc) is 1.63. The summed E-state index contributed by atoms with van der Waals surface area (Å²) in [7, 11) is 5.97. The van der Waals surface area contributed by atoms with Crippen LogP contribution in [0.5, 0.6) is 0 Å². The molecule has 0 amide bonds. The molecule has 62 valence electrons. The molecule has 0 aliphatic heterocycles. The van der Waals surface area contributed by atoms with E-state index >= 15 is 0 Å². The lowest BCUT2D eigenvalue weighted by atomic mass is 10.9. The predicted molar refractivity (Wildman–Crippen MR) is 35.7 cm³/mol. The van der Waals surface area contributed by atoms with Gasteiger partial charge in [-0.2, -0.15) is 4.65 Å². The number of carboxylic acid groups (broad SMARTS) is 1. The average molecular weight is 149 g/mol. The van der Waals surface area contributed by atoms with E-state index < -0.39 is 6.47 Å². The topological polar surface area (TPSA) is 49.4 Å². The largest absolute Gasteiger partial charge is 0.554 e. The summed E-state index contributed by atoms with van der Waals surface area (Å²) in [5.74, 6) is 0. The van der Waals surface area contributed by atoms with E-state index in [1.165, 1.54) is 0 Å². The third kappa shape index (κ3) is 26.3. The Hall–Kier alpha value is -0.610. The first-order chi connectivity index (χ1) is 4.47. The van der Waals surface area contributed by atoms with Crippen LogP contribution in [0.3, 0.4) is 0 Å². The van der Waals surface area contributed by atoms with Crippen LogP contribution in [0.25, 0.3) is 0 Å². The first-order valence-electron chi connectivity index (χ1n) is 2.99. The van der Waals surface area contributed by atoms with Crippen molar-refractivity contribution in [3.63, 3.8) is 0 Å². The number of hydrogen-bond acceptors (Lipinski definition) is 3. The van der Waals surface area contributed by atoms with Gasteiger partial charge < -0.3 is 9.90 Å². The zero-order chi connectivity index (χ0) is 8.62. The molecule has 0 N–H and O–H groups in total. The van der Waals surface area contributed by atoms with Crippen molar-refractivity contribution in [2.24, 2.45) is 0 Å². The maximum Gasteiger partial charge on any atom is 0.103 e. The fourth-order valence-electron chi connectivity index (χ4n) is 0.387. The van der Waals surface area contributed by atoms with Gasteiger partial charge in [0.25, 0.3) is 0 Å². The zero-order valence-electron chi connectivity index (χ0n) is 6.96. The van der Waals surface area contributed by atoms with E-state index in [0.29, 0.717) is 4.65 Å². The number of carbonyl (C=O) groups is 1. The minimum atomic E-state index is -0.500. The summed E-state index contributed by atoms with van der Waals surface area (Å²) in [6, 6.07) is 0. The number of hydroxylamine groups is 3. The summed E-state index contributed by atoms with van der Waals surface area (Å²) in [5.41, 5.74) is 0. The second-order valence-electron chi connectivity index (χ2n) is 2.40. The molecule has 0 aromatic heterocycles. The van der Waals surface area contributed by atoms with E-state index in [2.05, 4.69) is 0 Å². The van der Waals surface area contributed by atoms with Gasteiger partial charge in [-0.25, -0.2) is 4.84 Å². The van der Waals surface area contributed by atoms with Crippen LogP contribution in [0.4, 0.5) is 0 Å². The Kier molecular flexibility index (Phi) is 7.88. The standard InChI is InChI=1S/C5H14NO.CH2O2/c1-5-7-6(2,3)4;2-1-3/h5H2,1-4H3;1H,(H,2,3)/q+1;/p-1. The Bertz CT molecular complexity index is 77.6. The summed E-state index contributed by atoms with van der Waals surface area (Å²) in [6.45, 7) is 2.27. The van der Waals surface area contributed by atoms with Crippen molar-refractivity contribution in [2.45, 2.75) is 6.92 Å². The highest BCUT2D eigenvalue weighted by Crippen LogP contribution is 1.88. The van der Waals surface area contributed by atoms with Gasteiger partial charge in [-0.1, -0.05) is 0 Å². The molecular formula is C6H15NO3. The molecule has 0 aliphatic carbocycles. The zero-order valence-corrected chi connectivity index (χ0v) is 6.96. The van der Waals surface area contributed by atoms with Crippen LogP contribution in [0, 0.1) is 0 Å². The molecule has 0 heterocycles. The molecule has 0 bridgehead atoms. The van der Waals surface area contributed by atoms with Crippen LogP contribution in [-0.4, -0.2) is 38.9 Å². The van der Waals surface area contributed by atoms with Crippen LogP contribution in [0.15, 0.2) is 0 Å². The van der Waals surface area contributed by atoms with Crippen molar-refractivity contribution < 1.29 is 19.4 Å². The van der Waals surface area contributed by atoms with E-state index in [9.17, 15) is 0 Å². The summed E-state index contributed by atoms with van der Waals surface area (Å²) in [6.07, 6.45) is 0. The number of hydrogen-bond donors (Lipinski definition) is 0. The van der Waals surface area contributed by atoms with Crippen LogP contribution in [0.1, 0.15) is 6.92 Å². The Morgan fingerprint density at radius 2 is 1.80 bits per heavy atom. The van der Waals surface area contributed by atoms with E-state index in [4.69, 9.17) is 14.7 Å². The van der Waals surface area contributed by atoms with Gasteiger partial charge in [0.1, 0.15) is 6.61 Å². The van der Waals surface area contributed by atoms with Crippen LogP contribution in [-0.2, 0) is 9.63 Å². The quantitative estimate of drug-likeness (QED) is 0.288. The highest BCUT2D eigenvalue weighted by molar-refractivity contribution is 5.29. The van der Waals surface area contributed by atoms with Crippen molar-refractivity contribution in [1.82, 2.24) is 0 Å². The lowest BCUT2D eigenvalue weighted by molar-refractivity contribution is -1.06. The monoisotopic (exact) mass is 149 g/mol. The van der Waals surface area contributed by atoms with Gasteiger partial charge in [0.05, 0.1) is 21.1 Å². The maximum atomic E-state index is 8.25. The first kappa shape index (κ1) is 12.1. The van der Waals surface area contributed by atoms with Gasteiger partial charge in [-0.15, -0.1) is 0 Å². The SMILES string of the molecule is CCO[N+](C)(C)C.O=C[O-]. The van der Waals surface area contributed by atoms with Gasteiger partial charge in [0.15, 0.2) is 0 Å². The van der Waals surface area contributed by atoms with Gasteiger partial charge in [0.2, 0.25) is 0 Å². The van der Waals surface area contributed by atoms with Crippen molar-refractivity contribution in [3.05, 3.63) is 0 Å². The van der Waals surface area contributed by atoms with Crippen molar-refractivity contribution in [3.8, 4) is 0 Å². The molecule has 0 aliphatic rings. The van der Waals surface area contributed by atoms with E-state index in [1.54, 1.807) is 0 Å². The molecule has 0 atom stereocenters. The molecule has 0 aromatic rings. The predicted octanol–water partition coefficient (Wildman–Crippen LogP) is -0.990. The van der Waals surface area contributed by atoms with Crippen molar-refractivity contribution >= 4 is 6.47 Å². The highest BCUT2D eigenvalue weighted by atomic mass is 16.7. The molecular weight excluding hydrogens is 134 g/mol. The molecule has 4 heteroatoms. The molecule has 0 aromatic carbocycles. The molecule has 0 fully saturated rings. The molecule has 0 saturated carbocycles. The van der Waals surface area contributed by atoms with Gasteiger partial charge in [-0.05, 0) is 6.92 Å². The number of nitrogens with zero attached hydrogens (tertiary/aromatic N) is 1. The molecule has 0 saturated heterocycles. The minimum Gasteiger partial charge on any atom is -0.554 e. The van der Waals surface area contributed by atoms with Crippen LogP contribution >= 0.6 is 0 Å². The van der Waals surface area contributed by atoms with Crippen molar-refractivity contribution in [2.75, 3.05) is 27.7 Å². The Morgan fingerprint density at radius 3 is 1.80 bits per heavy atom. The molecule has 0 spiro atoms. The normalized spacial score (nSPS) is 9.60. The number of quaternary nitrogens is 1. The van der Waals surface area contributed by atoms with E-state index in [0.717, 1.165) is 6.61 Å². The molecule has 0 unspecified atom stereocenters. The fraction of sp³-hybridized carbons (Fsp3) is 0.833. The van der Waals surface area contributed by atoms with Gasteiger partial charge >= 0.3 is 0 Å². The molecule has 4 nitrogen and oxygen atoms in total. The Labute approximate surface area is 61.6 Å². The Morgan fingerprint density at radius 1 is 1.50 bits per heavy atom. The van der Waals surface area contributed by atoms with Gasteiger partial charge in [0, 0.05) is 6.47 Å². The Balaban J connectivity index is 0. The third-order valence-electron chi connectivity index (χ3n) is 0.516. The summed E-state index contributed by atoms with van der Waals surface area (Å²) in [5, 5.41) is 8.25. The minimum absolute atomic E-state index is 0.500. The third-order valence-corrected chi connectivity index (χ3v) is 0.516. The second kappa shape index (κ2) is 6.51.